The predicted octanol–water partition coefficient (Wildman–Crippen LogP) is 4.21. The number of nitrogens with zero attached hydrogens (tertiary/aromatic N) is 2. The van der Waals surface area contributed by atoms with E-state index in [1.807, 2.05) is 11.8 Å². The molecule has 122 valence electrons. The van der Waals surface area contributed by atoms with Gasteiger partial charge in [-0.1, -0.05) is 34.6 Å². The zero-order chi connectivity index (χ0) is 15.7. The van der Waals surface area contributed by atoms with Crippen molar-refractivity contribution in [3.8, 4) is 0 Å². The summed E-state index contributed by atoms with van der Waals surface area (Å²) in [5.74, 6) is 2.45. The van der Waals surface area contributed by atoms with Gasteiger partial charge in [0.25, 0.3) is 0 Å². The molecular weight excluding hydrogens is 278 g/mol. The predicted molar refractivity (Wildman–Crippen MR) is 95.3 cm³/mol. The van der Waals surface area contributed by atoms with Crippen LogP contribution in [0.3, 0.4) is 0 Å². The second kappa shape index (κ2) is 10.3. The van der Waals surface area contributed by atoms with Crippen LogP contribution in [0.5, 0.6) is 0 Å². The molecule has 21 heavy (non-hydrogen) atoms. The van der Waals surface area contributed by atoms with Gasteiger partial charge in [0.15, 0.2) is 0 Å². The molecule has 4 heteroatoms. The van der Waals surface area contributed by atoms with Crippen LogP contribution < -0.4 is 5.32 Å². The Morgan fingerprint density at radius 2 is 1.90 bits per heavy atom. The molecule has 1 rings (SSSR count). The quantitative estimate of drug-likeness (QED) is 0.621. The SMILES string of the molecule is CCNC(CC)c1c(CC)nn(CCCSCC)c1CC. The van der Waals surface area contributed by atoms with E-state index in [4.69, 9.17) is 5.10 Å². The summed E-state index contributed by atoms with van der Waals surface area (Å²) in [4.78, 5) is 0. The summed E-state index contributed by atoms with van der Waals surface area (Å²) >= 11 is 2.02. The van der Waals surface area contributed by atoms with Gasteiger partial charge in [-0.05, 0) is 43.7 Å². The summed E-state index contributed by atoms with van der Waals surface area (Å²) in [6.07, 6.45) is 4.45. The Hall–Kier alpha value is -0.480. The van der Waals surface area contributed by atoms with Gasteiger partial charge in [0.05, 0.1) is 5.69 Å². The lowest BCUT2D eigenvalue weighted by molar-refractivity contribution is 0.524. The molecule has 0 aromatic carbocycles. The molecule has 0 bridgehead atoms. The van der Waals surface area contributed by atoms with Crippen molar-refractivity contribution < 1.29 is 0 Å². The third-order valence-electron chi connectivity index (χ3n) is 3.91. The van der Waals surface area contributed by atoms with Gasteiger partial charge in [-0.2, -0.15) is 16.9 Å². The number of hydrogen-bond donors (Lipinski definition) is 1. The molecule has 1 aromatic heterocycles. The molecular formula is C17H33N3S. The molecule has 3 nitrogen and oxygen atoms in total. The Morgan fingerprint density at radius 3 is 2.43 bits per heavy atom. The Morgan fingerprint density at radius 1 is 1.14 bits per heavy atom. The van der Waals surface area contributed by atoms with Gasteiger partial charge in [0.1, 0.15) is 0 Å². The molecule has 1 heterocycles. The van der Waals surface area contributed by atoms with E-state index in [2.05, 4.69) is 44.6 Å². The fourth-order valence-corrected chi connectivity index (χ4v) is 3.57. The fourth-order valence-electron chi connectivity index (χ4n) is 2.94. The zero-order valence-corrected chi connectivity index (χ0v) is 15.4. The molecule has 0 aliphatic carbocycles. The van der Waals surface area contributed by atoms with E-state index < -0.39 is 0 Å². The highest BCUT2D eigenvalue weighted by atomic mass is 32.2. The summed E-state index contributed by atoms with van der Waals surface area (Å²) in [5, 5.41) is 8.55. The molecule has 0 aliphatic heterocycles. The number of aryl methyl sites for hydroxylation is 2. The minimum Gasteiger partial charge on any atom is -0.310 e. The summed E-state index contributed by atoms with van der Waals surface area (Å²) in [6, 6.07) is 0.457. The van der Waals surface area contributed by atoms with Gasteiger partial charge >= 0.3 is 0 Å². The molecule has 1 atom stereocenters. The highest BCUT2D eigenvalue weighted by Crippen LogP contribution is 2.26. The average molecular weight is 312 g/mol. The molecule has 0 saturated carbocycles. The number of hydrogen-bond acceptors (Lipinski definition) is 3. The molecule has 1 N–H and O–H groups in total. The first kappa shape index (κ1) is 18.6. The first-order valence-corrected chi connectivity index (χ1v) is 9.78. The van der Waals surface area contributed by atoms with Crippen molar-refractivity contribution in [2.45, 2.75) is 72.9 Å². The normalized spacial score (nSPS) is 12.8. The van der Waals surface area contributed by atoms with Crippen LogP contribution in [0.4, 0.5) is 0 Å². The lowest BCUT2D eigenvalue weighted by Gasteiger charge is -2.18. The van der Waals surface area contributed by atoms with Crippen LogP contribution in [0.15, 0.2) is 0 Å². The molecule has 0 fully saturated rings. The van der Waals surface area contributed by atoms with E-state index in [1.165, 1.54) is 34.9 Å². The minimum atomic E-state index is 0.457. The summed E-state index contributed by atoms with van der Waals surface area (Å²) in [7, 11) is 0. The van der Waals surface area contributed by atoms with Gasteiger partial charge in [0.2, 0.25) is 0 Å². The third kappa shape index (κ3) is 5.03. The van der Waals surface area contributed by atoms with Gasteiger partial charge in [-0.25, -0.2) is 0 Å². The second-order valence-corrected chi connectivity index (χ2v) is 6.70. The maximum atomic E-state index is 4.92. The minimum absolute atomic E-state index is 0.457. The van der Waals surface area contributed by atoms with Crippen LogP contribution in [0.1, 0.15) is 70.5 Å². The molecule has 1 unspecified atom stereocenters. The van der Waals surface area contributed by atoms with E-state index in [9.17, 15) is 0 Å². The van der Waals surface area contributed by atoms with E-state index in [-0.39, 0.29) is 0 Å². The first-order chi connectivity index (χ1) is 10.2. The largest absolute Gasteiger partial charge is 0.310 e. The van der Waals surface area contributed by atoms with Gasteiger partial charge in [-0.3, -0.25) is 4.68 Å². The Labute approximate surface area is 135 Å². The molecule has 0 aliphatic rings. The van der Waals surface area contributed by atoms with Crippen molar-refractivity contribution in [1.29, 1.82) is 0 Å². The standard InChI is InChI=1S/C17H33N3S/c1-6-14(18-9-4)17-15(7-2)19-20(16(17)8-3)12-11-13-21-10-5/h14,18H,6-13H2,1-5H3. The molecule has 0 radical (unpaired) electrons. The maximum Gasteiger partial charge on any atom is 0.0672 e. The molecule has 0 saturated heterocycles. The van der Waals surface area contributed by atoms with Crippen LogP contribution in [0.2, 0.25) is 0 Å². The fraction of sp³-hybridized carbons (Fsp3) is 0.824. The Kier molecular flexibility index (Phi) is 9.09. The van der Waals surface area contributed by atoms with E-state index >= 15 is 0 Å². The molecule has 1 aromatic rings. The highest BCUT2D eigenvalue weighted by molar-refractivity contribution is 7.99. The third-order valence-corrected chi connectivity index (χ3v) is 4.90. The van der Waals surface area contributed by atoms with Crippen molar-refractivity contribution in [1.82, 2.24) is 15.1 Å². The van der Waals surface area contributed by atoms with Crippen LogP contribution in [-0.4, -0.2) is 27.8 Å². The highest BCUT2D eigenvalue weighted by Gasteiger charge is 2.21. The number of thioether (sulfide) groups is 1. The average Bonchev–Trinajstić information content (AvgIpc) is 2.86. The topological polar surface area (TPSA) is 29.9 Å². The van der Waals surface area contributed by atoms with E-state index in [0.717, 1.165) is 32.4 Å². The lowest BCUT2D eigenvalue weighted by atomic mass is 9.99. The van der Waals surface area contributed by atoms with E-state index in [1.54, 1.807) is 0 Å². The maximum absolute atomic E-state index is 4.92. The van der Waals surface area contributed by atoms with Crippen LogP contribution >= 0.6 is 11.8 Å². The summed E-state index contributed by atoms with van der Waals surface area (Å²) < 4.78 is 2.28. The van der Waals surface area contributed by atoms with Crippen LogP contribution in [0.25, 0.3) is 0 Å². The van der Waals surface area contributed by atoms with Gasteiger partial charge in [-0.15, -0.1) is 0 Å². The number of rotatable bonds is 11. The summed E-state index contributed by atoms with van der Waals surface area (Å²) in [6.45, 7) is 13.2. The number of nitrogens with one attached hydrogen (secondary N) is 1. The van der Waals surface area contributed by atoms with Crippen molar-refractivity contribution in [3.05, 3.63) is 17.0 Å². The Bertz CT molecular complexity index is 401. The van der Waals surface area contributed by atoms with Crippen molar-refractivity contribution in [2.24, 2.45) is 0 Å². The van der Waals surface area contributed by atoms with Gasteiger partial charge < -0.3 is 5.32 Å². The lowest BCUT2D eigenvalue weighted by Crippen LogP contribution is -2.22. The van der Waals surface area contributed by atoms with Crippen molar-refractivity contribution in [2.75, 3.05) is 18.1 Å². The molecule has 0 amide bonds. The zero-order valence-electron chi connectivity index (χ0n) is 14.5. The summed E-state index contributed by atoms with van der Waals surface area (Å²) in [5.41, 5.74) is 4.22. The van der Waals surface area contributed by atoms with Crippen molar-refractivity contribution in [3.63, 3.8) is 0 Å². The van der Waals surface area contributed by atoms with Crippen LogP contribution in [0, 0.1) is 0 Å². The van der Waals surface area contributed by atoms with E-state index in [0.29, 0.717) is 6.04 Å². The van der Waals surface area contributed by atoms with Gasteiger partial charge in [0, 0.05) is 23.8 Å². The first-order valence-electron chi connectivity index (χ1n) is 8.62. The number of aromatic nitrogens is 2. The molecule has 0 spiro atoms. The second-order valence-electron chi connectivity index (χ2n) is 5.31. The van der Waals surface area contributed by atoms with Crippen LogP contribution in [-0.2, 0) is 19.4 Å². The Balaban J connectivity index is 2.96. The smallest absolute Gasteiger partial charge is 0.0672 e. The monoisotopic (exact) mass is 311 g/mol. The van der Waals surface area contributed by atoms with Crippen molar-refractivity contribution >= 4 is 11.8 Å².